The molecule has 0 radical (unpaired) electrons. The quantitative estimate of drug-likeness (QED) is 0.884. The Morgan fingerprint density at radius 3 is 2.86 bits per heavy atom. The van der Waals surface area contributed by atoms with Crippen LogP contribution in [0.1, 0.15) is 32.0 Å². The van der Waals surface area contributed by atoms with Gasteiger partial charge in [-0.25, -0.2) is 4.98 Å². The number of amides is 1. The van der Waals surface area contributed by atoms with Gasteiger partial charge >= 0.3 is 0 Å². The van der Waals surface area contributed by atoms with E-state index in [0.717, 1.165) is 43.6 Å². The van der Waals surface area contributed by atoms with Crippen LogP contribution in [0, 0.1) is 12.8 Å². The summed E-state index contributed by atoms with van der Waals surface area (Å²) < 4.78 is 4.26. The summed E-state index contributed by atoms with van der Waals surface area (Å²) in [5.74, 6) is 1.72. The first-order valence-corrected chi connectivity index (χ1v) is 8.96. The van der Waals surface area contributed by atoms with Gasteiger partial charge in [0.15, 0.2) is 0 Å². The third kappa shape index (κ3) is 4.16. The number of hydrogen-bond donors (Lipinski definition) is 1. The van der Waals surface area contributed by atoms with Gasteiger partial charge in [-0.05, 0) is 39.0 Å². The molecule has 1 aliphatic heterocycles. The van der Waals surface area contributed by atoms with Crippen LogP contribution in [0.3, 0.4) is 0 Å². The summed E-state index contributed by atoms with van der Waals surface area (Å²) in [6.07, 6.45) is 3.59. The number of rotatable bonds is 5. The van der Waals surface area contributed by atoms with E-state index < -0.39 is 0 Å². The van der Waals surface area contributed by atoms with E-state index in [2.05, 4.69) is 31.4 Å². The monoisotopic (exact) mass is 323 g/mol. The third-order valence-corrected chi connectivity index (χ3v) is 5.33. The van der Waals surface area contributed by atoms with Crippen LogP contribution in [-0.2, 0) is 4.79 Å². The molecule has 1 aliphatic carbocycles. The molecule has 7 heteroatoms. The first kappa shape index (κ1) is 15.7. The average molecular weight is 323 g/mol. The lowest BCUT2D eigenvalue weighted by atomic mass is 10.2. The van der Waals surface area contributed by atoms with E-state index in [1.165, 1.54) is 24.4 Å². The van der Waals surface area contributed by atoms with Crippen LogP contribution in [0.15, 0.2) is 0 Å². The molecule has 0 aromatic carbocycles. The lowest BCUT2D eigenvalue weighted by Gasteiger charge is -2.22. The first-order chi connectivity index (χ1) is 10.6. The molecule has 6 nitrogen and oxygen atoms in total. The Balaban J connectivity index is 1.46. The SMILES string of the molecule is Cc1nsc(N2CCCN(CC(=O)N[C@H](C)C3CC3)CC2)n1. The van der Waals surface area contributed by atoms with E-state index in [4.69, 9.17) is 0 Å². The van der Waals surface area contributed by atoms with Crippen LogP contribution in [-0.4, -0.2) is 58.9 Å². The van der Waals surface area contributed by atoms with Crippen molar-refractivity contribution in [2.45, 2.75) is 39.2 Å². The molecule has 22 heavy (non-hydrogen) atoms. The smallest absolute Gasteiger partial charge is 0.234 e. The van der Waals surface area contributed by atoms with Gasteiger partial charge in [0, 0.05) is 43.8 Å². The largest absolute Gasteiger partial charge is 0.352 e. The molecular weight excluding hydrogens is 298 g/mol. The molecule has 1 aromatic heterocycles. The predicted molar refractivity (Wildman–Crippen MR) is 88.2 cm³/mol. The van der Waals surface area contributed by atoms with Crippen molar-refractivity contribution < 1.29 is 4.79 Å². The number of carbonyl (C=O) groups is 1. The van der Waals surface area contributed by atoms with Crippen molar-refractivity contribution in [1.82, 2.24) is 19.6 Å². The fraction of sp³-hybridized carbons (Fsp3) is 0.800. The molecule has 1 N–H and O–H groups in total. The van der Waals surface area contributed by atoms with Crippen molar-refractivity contribution in [3.63, 3.8) is 0 Å². The highest BCUT2D eigenvalue weighted by atomic mass is 32.1. The van der Waals surface area contributed by atoms with Crippen LogP contribution in [0.2, 0.25) is 0 Å². The summed E-state index contributed by atoms with van der Waals surface area (Å²) in [5.41, 5.74) is 0. The summed E-state index contributed by atoms with van der Waals surface area (Å²) in [6, 6.07) is 0.334. The molecule has 1 aromatic rings. The van der Waals surface area contributed by atoms with Gasteiger partial charge in [-0.3, -0.25) is 9.69 Å². The van der Waals surface area contributed by atoms with Crippen LogP contribution >= 0.6 is 11.5 Å². The Bertz CT molecular complexity index is 516. The van der Waals surface area contributed by atoms with Gasteiger partial charge in [-0.15, -0.1) is 0 Å². The Morgan fingerprint density at radius 1 is 1.36 bits per heavy atom. The zero-order valence-electron chi connectivity index (χ0n) is 13.4. The van der Waals surface area contributed by atoms with Gasteiger partial charge in [-0.2, -0.15) is 4.37 Å². The van der Waals surface area contributed by atoms with Crippen LogP contribution in [0.5, 0.6) is 0 Å². The van der Waals surface area contributed by atoms with Gasteiger partial charge in [0.05, 0.1) is 6.54 Å². The van der Waals surface area contributed by atoms with Gasteiger partial charge in [-0.1, -0.05) is 0 Å². The Kier molecular flexibility index (Phi) is 4.93. The zero-order valence-corrected chi connectivity index (χ0v) is 14.2. The van der Waals surface area contributed by atoms with Crippen molar-refractivity contribution in [3.8, 4) is 0 Å². The second-order valence-corrected chi connectivity index (χ2v) is 7.16. The predicted octanol–water partition coefficient (Wildman–Crippen LogP) is 1.27. The number of nitrogens with zero attached hydrogens (tertiary/aromatic N) is 4. The van der Waals surface area contributed by atoms with Gasteiger partial charge < -0.3 is 10.2 Å². The number of aromatic nitrogens is 2. The number of aryl methyl sites for hydroxylation is 1. The van der Waals surface area contributed by atoms with Crippen molar-refractivity contribution in [1.29, 1.82) is 0 Å². The molecule has 1 saturated heterocycles. The summed E-state index contributed by atoms with van der Waals surface area (Å²) in [6.45, 7) is 8.35. The van der Waals surface area contributed by atoms with Crippen molar-refractivity contribution >= 4 is 22.6 Å². The number of carbonyl (C=O) groups excluding carboxylic acids is 1. The molecule has 122 valence electrons. The molecular formula is C15H25N5OS. The van der Waals surface area contributed by atoms with E-state index in [1.54, 1.807) is 0 Å². The maximum absolute atomic E-state index is 12.1. The molecule has 1 amide bonds. The second kappa shape index (κ2) is 6.91. The average Bonchev–Trinajstić information content (AvgIpc) is 3.26. The summed E-state index contributed by atoms with van der Waals surface area (Å²) >= 11 is 1.47. The highest BCUT2D eigenvalue weighted by Gasteiger charge is 2.29. The van der Waals surface area contributed by atoms with Crippen molar-refractivity contribution in [3.05, 3.63) is 5.82 Å². The van der Waals surface area contributed by atoms with E-state index in [-0.39, 0.29) is 5.91 Å². The summed E-state index contributed by atoms with van der Waals surface area (Å²) in [4.78, 5) is 21.1. The molecule has 2 aliphatic rings. The third-order valence-electron chi connectivity index (χ3n) is 4.46. The first-order valence-electron chi connectivity index (χ1n) is 8.19. The molecule has 0 unspecified atom stereocenters. The second-order valence-electron chi connectivity index (χ2n) is 6.43. The topological polar surface area (TPSA) is 61.4 Å². The number of hydrogen-bond acceptors (Lipinski definition) is 6. The Hall–Kier alpha value is -1.21. The fourth-order valence-corrected chi connectivity index (χ4v) is 3.68. The standard InChI is InChI=1S/C15H25N5OS/c1-11(13-4-5-13)16-14(21)10-19-6-3-7-20(9-8-19)15-17-12(2)18-22-15/h11,13H,3-10H2,1-2H3,(H,16,21)/t11-/m1/s1. The van der Waals surface area contributed by atoms with E-state index >= 15 is 0 Å². The highest BCUT2D eigenvalue weighted by Crippen LogP contribution is 2.32. The van der Waals surface area contributed by atoms with E-state index in [9.17, 15) is 4.79 Å². The number of anilines is 1. The lowest BCUT2D eigenvalue weighted by molar-refractivity contribution is -0.122. The summed E-state index contributed by atoms with van der Waals surface area (Å²) in [7, 11) is 0. The van der Waals surface area contributed by atoms with Gasteiger partial charge in [0.1, 0.15) is 5.82 Å². The summed E-state index contributed by atoms with van der Waals surface area (Å²) in [5, 5.41) is 4.15. The minimum Gasteiger partial charge on any atom is -0.352 e. The Morgan fingerprint density at radius 2 is 2.18 bits per heavy atom. The maximum Gasteiger partial charge on any atom is 0.234 e. The minimum atomic E-state index is 0.166. The highest BCUT2D eigenvalue weighted by molar-refractivity contribution is 7.09. The molecule has 2 fully saturated rings. The van der Waals surface area contributed by atoms with Gasteiger partial charge in [0.2, 0.25) is 11.0 Å². The number of nitrogens with one attached hydrogen (secondary N) is 1. The zero-order chi connectivity index (χ0) is 15.5. The molecule has 0 spiro atoms. The van der Waals surface area contributed by atoms with Crippen LogP contribution in [0.25, 0.3) is 0 Å². The lowest BCUT2D eigenvalue weighted by Crippen LogP contribution is -2.43. The van der Waals surface area contributed by atoms with Crippen LogP contribution < -0.4 is 10.2 Å². The molecule has 0 bridgehead atoms. The molecule has 1 atom stereocenters. The van der Waals surface area contributed by atoms with Gasteiger partial charge in [0.25, 0.3) is 0 Å². The van der Waals surface area contributed by atoms with Crippen molar-refractivity contribution in [2.24, 2.45) is 5.92 Å². The fourth-order valence-electron chi connectivity index (χ4n) is 2.95. The normalized spacial score (nSPS) is 21.5. The van der Waals surface area contributed by atoms with Crippen LogP contribution in [0.4, 0.5) is 5.13 Å². The molecule has 1 saturated carbocycles. The minimum absolute atomic E-state index is 0.166. The maximum atomic E-state index is 12.1. The molecule has 3 rings (SSSR count). The van der Waals surface area contributed by atoms with Crippen molar-refractivity contribution in [2.75, 3.05) is 37.6 Å². The Labute approximate surface area is 136 Å². The van der Waals surface area contributed by atoms with E-state index in [0.29, 0.717) is 18.5 Å². The van der Waals surface area contributed by atoms with E-state index in [1.807, 2.05) is 6.92 Å². The molecule has 2 heterocycles.